The molecule has 0 spiro atoms. The molecule has 4 fully saturated rings. The van der Waals surface area contributed by atoms with Gasteiger partial charge in [0.1, 0.15) is 0 Å². The van der Waals surface area contributed by atoms with Gasteiger partial charge in [-0.05, 0) is 111 Å². The number of hydrogen-bond acceptors (Lipinski definition) is 3. The molecule has 5 rings (SSSR count). The summed E-state index contributed by atoms with van der Waals surface area (Å²) in [6.45, 7) is 6.57. The topological polar surface area (TPSA) is 41.5 Å². The molecular weight excluding hydrogens is 406 g/mol. The van der Waals surface area contributed by atoms with Crippen LogP contribution in [0.4, 0.5) is 0 Å². The predicted octanol–water partition coefficient (Wildman–Crippen LogP) is 6.20. The Morgan fingerprint density at radius 3 is 2.55 bits per heavy atom. The summed E-state index contributed by atoms with van der Waals surface area (Å²) in [6.07, 6.45) is 12.8. The molecule has 0 aromatic heterocycles. The molecule has 184 valence electrons. The molecule has 0 saturated heterocycles. The second-order valence-corrected chi connectivity index (χ2v) is 12.4. The van der Waals surface area contributed by atoms with Crippen LogP contribution in [0.1, 0.15) is 83.6 Å². The van der Waals surface area contributed by atoms with Crippen molar-refractivity contribution in [1.29, 1.82) is 0 Å². The van der Waals surface area contributed by atoms with Gasteiger partial charge in [0.05, 0.1) is 12.2 Å². The molecule has 0 heterocycles. The van der Waals surface area contributed by atoms with Crippen LogP contribution in [-0.4, -0.2) is 30.5 Å². The van der Waals surface area contributed by atoms with Crippen LogP contribution in [0, 0.1) is 40.9 Å². The van der Waals surface area contributed by atoms with E-state index in [1.165, 1.54) is 56.9 Å². The first kappa shape index (κ1) is 23.8. The first-order valence-corrected chi connectivity index (χ1v) is 14.0. The lowest BCUT2D eigenvalue weighted by Gasteiger charge is -2.57. The zero-order valence-corrected chi connectivity index (χ0v) is 21.3. The molecule has 2 N–H and O–H groups in total. The Bertz CT molecular complexity index is 783. The van der Waals surface area contributed by atoms with E-state index in [2.05, 4.69) is 49.5 Å². The summed E-state index contributed by atoms with van der Waals surface area (Å²) in [5.41, 5.74) is 1.34. The lowest BCUT2D eigenvalue weighted by Crippen LogP contribution is -2.53. The third-order valence-corrected chi connectivity index (χ3v) is 10.9. The van der Waals surface area contributed by atoms with E-state index in [4.69, 9.17) is 4.74 Å². The van der Waals surface area contributed by atoms with Crippen LogP contribution in [0.5, 0.6) is 0 Å². The second-order valence-electron chi connectivity index (χ2n) is 12.4. The van der Waals surface area contributed by atoms with Crippen LogP contribution in [0.2, 0.25) is 0 Å². The number of nitrogens with one attached hydrogen (secondary N) is 1. The minimum Gasteiger partial charge on any atom is -0.387 e. The molecule has 4 saturated carbocycles. The number of aliphatic hydroxyl groups is 1. The van der Waals surface area contributed by atoms with E-state index in [0.717, 1.165) is 54.9 Å². The van der Waals surface area contributed by atoms with Gasteiger partial charge in [0.2, 0.25) is 0 Å². The van der Waals surface area contributed by atoms with Crippen molar-refractivity contribution in [3.05, 3.63) is 35.9 Å². The number of methoxy groups -OCH3 is 1. The summed E-state index contributed by atoms with van der Waals surface area (Å²) in [6, 6.07) is 11.6. The Balaban J connectivity index is 1.26. The predicted molar refractivity (Wildman–Crippen MR) is 135 cm³/mol. The Morgan fingerprint density at radius 1 is 1.00 bits per heavy atom. The maximum absolute atomic E-state index is 11.0. The zero-order chi connectivity index (χ0) is 23.1. The van der Waals surface area contributed by atoms with Crippen LogP contribution < -0.4 is 5.32 Å². The van der Waals surface area contributed by atoms with E-state index >= 15 is 0 Å². The third kappa shape index (κ3) is 4.43. The van der Waals surface area contributed by atoms with E-state index < -0.39 is 5.60 Å². The van der Waals surface area contributed by atoms with Gasteiger partial charge in [-0.2, -0.15) is 0 Å². The fourth-order valence-electron chi connectivity index (χ4n) is 9.48. The SMILES string of the molecule is CC[C@@H](NCc1ccccc1)[C@H]1CC[C@H]2[C@@H]3CC[C@@H]4C[C@@](O)(COC)CC[C@@H]4[C@H]3CC[C@]12C. The number of benzene rings is 1. The Labute approximate surface area is 202 Å². The first-order valence-electron chi connectivity index (χ1n) is 14.0. The molecule has 4 aliphatic rings. The van der Waals surface area contributed by atoms with Crippen LogP contribution in [0.25, 0.3) is 0 Å². The highest BCUT2D eigenvalue weighted by atomic mass is 16.5. The molecule has 0 radical (unpaired) electrons. The van der Waals surface area contributed by atoms with Crippen molar-refractivity contribution >= 4 is 0 Å². The smallest absolute Gasteiger partial charge is 0.0882 e. The third-order valence-electron chi connectivity index (χ3n) is 10.9. The molecule has 1 aromatic rings. The fourth-order valence-corrected chi connectivity index (χ4v) is 9.48. The normalized spacial score (nSPS) is 43.4. The highest BCUT2D eigenvalue weighted by Crippen LogP contribution is 2.65. The van der Waals surface area contributed by atoms with Gasteiger partial charge in [-0.1, -0.05) is 44.2 Å². The zero-order valence-electron chi connectivity index (χ0n) is 21.3. The first-order chi connectivity index (χ1) is 16.0. The fraction of sp³-hybridized carbons (Fsp3) is 0.800. The van der Waals surface area contributed by atoms with Crippen LogP contribution in [-0.2, 0) is 11.3 Å². The quantitative estimate of drug-likeness (QED) is 0.516. The maximum atomic E-state index is 11.0. The maximum Gasteiger partial charge on any atom is 0.0882 e. The molecule has 1 aromatic carbocycles. The van der Waals surface area contributed by atoms with Crippen LogP contribution in [0.15, 0.2) is 30.3 Å². The van der Waals surface area contributed by atoms with Gasteiger partial charge >= 0.3 is 0 Å². The lowest BCUT2D eigenvalue weighted by molar-refractivity contribution is -0.125. The molecule has 33 heavy (non-hydrogen) atoms. The minimum atomic E-state index is -0.566. The van der Waals surface area contributed by atoms with Gasteiger partial charge < -0.3 is 15.2 Å². The molecule has 3 nitrogen and oxygen atoms in total. The average molecular weight is 454 g/mol. The Kier molecular flexibility index (Phi) is 6.95. The summed E-state index contributed by atoms with van der Waals surface area (Å²) in [5.74, 6) is 5.13. The van der Waals surface area contributed by atoms with Crippen molar-refractivity contribution in [3.63, 3.8) is 0 Å². The van der Waals surface area contributed by atoms with E-state index in [-0.39, 0.29) is 0 Å². The molecule has 9 atom stereocenters. The van der Waals surface area contributed by atoms with Gasteiger partial charge in [0.15, 0.2) is 0 Å². The Hall–Kier alpha value is -0.900. The molecule has 0 unspecified atom stereocenters. The van der Waals surface area contributed by atoms with Gasteiger partial charge in [0, 0.05) is 19.7 Å². The number of fused-ring (bicyclic) bond motifs is 5. The summed E-state index contributed by atoms with van der Waals surface area (Å²) in [5, 5.41) is 15.0. The van der Waals surface area contributed by atoms with Crippen molar-refractivity contribution < 1.29 is 9.84 Å². The largest absolute Gasteiger partial charge is 0.387 e. The van der Waals surface area contributed by atoms with Crippen molar-refractivity contribution in [3.8, 4) is 0 Å². The summed E-state index contributed by atoms with van der Waals surface area (Å²) < 4.78 is 5.38. The highest BCUT2D eigenvalue weighted by Gasteiger charge is 2.58. The molecule has 0 bridgehead atoms. The average Bonchev–Trinajstić information content (AvgIpc) is 3.17. The molecule has 4 aliphatic carbocycles. The lowest BCUT2D eigenvalue weighted by atomic mass is 9.48. The summed E-state index contributed by atoms with van der Waals surface area (Å²) in [4.78, 5) is 0. The number of ether oxygens (including phenoxy) is 1. The van der Waals surface area contributed by atoms with Gasteiger partial charge in [-0.15, -0.1) is 0 Å². The molecule has 0 aliphatic heterocycles. The number of rotatable bonds is 7. The standard InChI is InChI=1S/C30H47NO2/c1-4-28(31-19-21-8-6-5-7-9-21)27-13-12-26-25-11-10-22-18-30(32,20-33-3)17-15-23(22)24(25)14-16-29(26,27)2/h5-9,22-28,31-32H,4,10-20H2,1-3H3/t22-,23+,24-,25-,26+,27-,28-,29+,30-/m1/s1. The molecular formula is C30H47NO2. The van der Waals surface area contributed by atoms with E-state index in [1.807, 2.05) is 0 Å². The van der Waals surface area contributed by atoms with Crippen LogP contribution >= 0.6 is 0 Å². The molecule has 3 heteroatoms. The van der Waals surface area contributed by atoms with Crippen molar-refractivity contribution in [1.82, 2.24) is 5.32 Å². The van der Waals surface area contributed by atoms with Crippen molar-refractivity contribution in [2.24, 2.45) is 40.9 Å². The van der Waals surface area contributed by atoms with E-state index in [0.29, 0.717) is 18.1 Å². The van der Waals surface area contributed by atoms with Gasteiger partial charge in [0.25, 0.3) is 0 Å². The van der Waals surface area contributed by atoms with Crippen LogP contribution in [0.3, 0.4) is 0 Å². The van der Waals surface area contributed by atoms with E-state index in [1.54, 1.807) is 7.11 Å². The summed E-state index contributed by atoms with van der Waals surface area (Å²) in [7, 11) is 1.73. The van der Waals surface area contributed by atoms with Crippen molar-refractivity contribution in [2.45, 2.75) is 96.2 Å². The van der Waals surface area contributed by atoms with Crippen molar-refractivity contribution in [2.75, 3.05) is 13.7 Å². The summed E-state index contributed by atoms with van der Waals surface area (Å²) >= 11 is 0. The van der Waals surface area contributed by atoms with Gasteiger partial charge in [-0.25, -0.2) is 0 Å². The van der Waals surface area contributed by atoms with E-state index in [9.17, 15) is 5.11 Å². The van der Waals surface area contributed by atoms with Gasteiger partial charge in [-0.3, -0.25) is 0 Å². The second kappa shape index (κ2) is 9.63. The Morgan fingerprint density at radius 2 is 1.79 bits per heavy atom. The molecule has 0 amide bonds. The highest BCUT2D eigenvalue weighted by molar-refractivity contribution is 5.15. The minimum absolute atomic E-state index is 0.504. The number of hydrogen-bond donors (Lipinski definition) is 2. The monoisotopic (exact) mass is 453 g/mol.